The van der Waals surface area contributed by atoms with Gasteiger partial charge in [-0.05, 0) is 45.3 Å². The zero-order valence-corrected chi connectivity index (χ0v) is 19.7. The molecule has 0 N–H and O–H groups in total. The molecule has 3 rings (SSSR count). The van der Waals surface area contributed by atoms with Crippen LogP contribution in [0.4, 0.5) is 10.8 Å². The number of benzene rings is 2. The normalized spacial score (nSPS) is 11.1. The minimum Gasteiger partial charge on any atom is -0.495 e. The van der Waals surface area contributed by atoms with Crippen LogP contribution in [-0.4, -0.2) is 62.1 Å². The molecular formula is C21H23ClN4O5S. The van der Waals surface area contributed by atoms with Gasteiger partial charge in [-0.15, -0.1) is 0 Å². The zero-order chi connectivity index (χ0) is 23.4. The van der Waals surface area contributed by atoms with Crippen LogP contribution in [0, 0.1) is 10.1 Å². The lowest BCUT2D eigenvalue weighted by molar-refractivity contribution is -0.384. The lowest BCUT2D eigenvalue weighted by atomic mass is 10.1. The first kappa shape index (κ1) is 23.7. The quantitative estimate of drug-likeness (QED) is 0.330. The number of amides is 1. The Balaban J connectivity index is 2.10. The first-order chi connectivity index (χ1) is 15.3. The predicted molar refractivity (Wildman–Crippen MR) is 126 cm³/mol. The number of nitrogens with zero attached hydrogens (tertiary/aromatic N) is 4. The van der Waals surface area contributed by atoms with E-state index in [4.69, 9.17) is 21.1 Å². The third-order valence-electron chi connectivity index (χ3n) is 4.75. The Morgan fingerprint density at radius 1 is 1.16 bits per heavy atom. The van der Waals surface area contributed by atoms with E-state index < -0.39 is 10.8 Å². The second-order valence-corrected chi connectivity index (χ2v) is 8.56. The van der Waals surface area contributed by atoms with Crippen LogP contribution >= 0.6 is 22.9 Å². The number of carbonyl (C=O) groups is 1. The summed E-state index contributed by atoms with van der Waals surface area (Å²) in [6.45, 7) is 1.09. The highest BCUT2D eigenvalue weighted by molar-refractivity contribution is 7.22. The number of aromatic nitrogens is 1. The van der Waals surface area contributed by atoms with Crippen LogP contribution < -0.4 is 14.4 Å². The molecule has 1 heterocycles. The summed E-state index contributed by atoms with van der Waals surface area (Å²) in [6.07, 6.45) is 0.662. The molecule has 0 aliphatic carbocycles. The Kier molecular flexibility index (Phi) is 7.49. The van der Waals surface area contributed by atoms with Gasteiger partial charge in [0.1, 0.15) is 21.7 Å². The van der Waals surface area contributed by atoms with E-state index >= 15 is 0 Å². The number of halogens is 1. The summed E-state index contributed by atoms with van der Waals surface area (Å²) >= 11 is 7.53. The fraction of sp³-hybridized carbons (Fsp3) is 0.333. The molecule has 0 atom stereocenters. The largest absolute Gasteiger partial charge is 0.495 e. The maximum absolute atomic E-state index is 13.5. The first-order valence-electron chi connectivity index (χ1n) is 9.68. The van der Waals surface area contributed by atoms with Crippen molar-refractivity contribution in [2.75, 3.05) is 46.3 Å². The van der Waals surface area contributed by atoms with Gasteiger partial charge in [-0.1, -0.05) is 22.9 Å². The summed E-state index contributed by atoms with van der Waals surface area (Å²) < 4.78 is 11.6. The van der Waals surface area contributed by atoms with Gasteiger partial charge in [0.25, 0.3) is 11.6 Å². The van der Waals surface area contributed by atoms with Crippen LogP contribution in [0.25, 0.3) is 10.2 Å². The standard InChI is InChI=1S/C21H23ClN4O5S/c1-24(2)10-5-11-25(20(27)14-12-13(26(28)29)6-7-15(14)22)21-23-18-16(30-3)8-9-17(31-4)19(18)32-21/h6-9,12H,5,10-11H2,1-4H3. The summed E-state index contributed by atoms with van der Waals surface area (Å²) in [5, 5.41) is 11.8. The van der Waals surface area contributed by atoms with Crippen molar-refractivity contribution in [2.45, 2.75) is 6.42 Å². The third-order valence-corrected chi connectivity index (χ3v) is 6.18. The van der Waals surface area contributed by atoms with E-state index in [1.807, 2.05) is 19.0 Å². The lowest BCUT2D eigenvalue weighted by Gasteiger charge is -2.21. The van der Waals surface area contributed by atoms with Crippen molar-refractivity contribution in [2.24, 2.45) is 0 Å². The van der Waals surface area contributed by atoms with Gasteiger partial charge >= 0.3 is 0 Å². The van der Waals surface area contributed by atoms with Gasteiger partial charge in [0.05, 0.1) is 29.7 Å². The number of carbonyl (C=O) groups excluding carboxylic acids is 1. The SMILES string of the molecule is COc1ccc(OC)c2sc(N(CCCN(C)C)C(=O)c3cc([N+](=O)[O-])ccc3Cl)nc12. The molecule has 0 spiro atoms. The molecule has 0 bridgehead atoms. The van der Waals surface area contributed by atoms with Crippen molar-refractivity contribution in [1.82, 2.24) is 9.88 Å². The first-order valence-corrected chi connectivity index (χ1v) is 10.9. The Morgan fingerprint density at radius 3 is 2.47 bits per heavy atom. The lowest BCUT2D eigenvalue weighted by Crippen LogP contribution is -2.33. The maximum atomic E-state index is 13.5. The summed E-state index contributed by atoms with van der Waals surface area (Å²) in [5.74, 6) is 0.699. The molecule has 0 aliphatic heterocycles. The minimum absolute atomic E-state index is 0.0453. The number of anilines is 1. The number of hydrogen-bond acceptors (Lipinski definition) is 8. The van der Waals surface area contributed by atoms with Crippen LogP contribution in [0.1, 0.15) is 16.8 Å². The second-order valence-electron chi connectivity index (χ2n) is 7.18. The number of rotatable bonds is 9. The van der Waals surface area contributed by atoms with E-state index in [2.05, 4.69) is 4.98 Å². The number of nitro groups is 1. The molecule has 0 aliphatic rings. The Labute approximate surface area is 194 Å². The van der Waals surface area contributed by atoms with Crippen molar-refractivity contribution in [1.29, 1.82) is 0 Å². The van der Waals surface area contributed by atoms with Gasteiger partial charge < -0.3 is 14.4 Å². The number of methoxy groups -OCH3 is 2. The molecular weight excluding hydrogens is 456 g/mol. The Hall–Kier alpha value is -2.95. The molecule has 170 valence electrons. The van der Waals surface area contributed by atoms with E-state index in [9.17, 15) is 14.9 Å². The number of nitro benzene ring substituents is 1. The number of thiazole rings is 1. The van der Waals surface area contributed by atoms with Gasteiger partial charge in [-0.3, -0.25) is 19.8 Å². The summed E-state index contributed by atoms with van der Waals surface area (Å²) in [4.78, 5) is 32.3. The van der Waals surface area contributed by atoms with Crippen molar-refractivity contribution < 1.29 is 19.2 Å². The maximum Gasteiger partial charge on any atom is 0.270 e. The van der Waals surface area contributed by atoms with Crippen LogP contribution in [0.3, 0.4) is 0 Å². The molecule has 11 heteroatoms. The van der Waals surface area contributed by atoms with Gasteiger partial charge in [-0.25, -0.2) is 4.98 Å². The van der Waals surface area contributed by atoms with Crippen molar-refractivity contribution >= 4 is 49.9 Å². The Morgan fingerprint density at radius 2 is 1.84 bits per heavy atom. The molecule has 0 fully saturated rings. The molecule has 3 aromatic rings. The summed E-state index contributed by atoms with van der Waals surface area (Å²) in [6, 6.07) is 7.34. The third kappa shape index (κ3) is 4.93. The minimum atomic E-state index is -0.559. The molecule has 2 aromatic carbocycles. The Bertz CT molecular complexity index is 1110. The summed E-state index contributed by atoms with van der Waals surface area (Å²) in [7, 11) is 6.99. The van der Waals surface area contributed by atoms with E-state index in [1.54, 1.807) is 26.4 Å². The van der Waals surface area contributed by atoms with Crippen LogP contribution in [-0.2, 0) is 0 Å². The highest BCUT2D eigenvalue weighted by Gasteiger charge is 2.26. The predicted octanol–water partition coefficient (Wildman–Crippen LogP) is 4.47. The number of non-ortho nitro benzene ring substituents is 1. The topological polar surface area (TPSA) is 98.0 Å². The highest BCUT2D eigenvalue weighted by atomic mass is 35.5. The molecule has 1 amide bonds. The molecule has 0 unspecified atom stereocenters. The van der Waals surface area contributed by atoms with Crippen LogP contribution in [0.2, 0.25) is 5.02 Å². The summed E-state index contributed by atoms with van der Waals surface area (Å²) in [5.41, 5.74) is 0.407. The number of fused-ring (bicyclic) bond motifs is 1. The average Bonchev–Trinajstić information content (AvgIpc) is 3.20. The monoisotopic (exact) mass is 478 g/mol. The van der Waals surface area contributed by atoms with Crippen molar-refractivity contribution in [3.63, 3.8) is 0 Å². The van der Waals surface area contributed by atoms with E-state index in [-0.39, 0.29) is 16.3 Å². The smallest absolute Gasteiger partial charge is 0.270 e. The molecule has 0 saturated heterocycles. The van der Waals surface area contributed by atoms with Gasteiger partial charge in [0, 0.05) is 18.7 Å². The molecule has 32 heavy (non-hydrogen) atoms. The fourth-order valence-electron chi connectivity index (χ4n) is 3.15. The molecule has 1 aromatic heterocycles. The van der Waals surface area contributed by atoms with Gasteiger partial charge in [-0.2, -0.15) is 0 Å². The number of hydrogen-bond donors (Lipinski definition) is 0. The van der Waals surface area contributed by atoms with E-state index in [1.165, 1.54) is 34.4 Å². The van der Waals surface area contributed by atoms with Crippen LogP contribution in [0.5, 0.6) is 11.5 Å². The van der Waals surface area contributed by atoms with Crippen molar-refractivity contribution in [3.8, 4) is 11.5 Å². The van der Waals surface area contributed by atoms with E-state index in [0.29, 0.717) is 35.1 Å². The zero-order valence-electron chi connectivity index (χ0n) is 18.1. The fourth-order valence-corrected chi connectivity index (χ4v) is 4.45. The molecule has 9 nitrogen and oxygen atoms in total. The number of ether oxygens (including phenoxy) is 2. The molecule has 0 saturated carbocycles. The second kappa shape index (κ2) is 10.1. The van der Waals surface area contributed by atoms with Gasteiger partial charge in [0.15, 0.2) is 5.13 Å². The molecule has 0 radical (unpaired) electrons. The van der Waals surface area contributed by atoms with Crippen LogP contribution in [0.15, 0.2) is 30.3 Å². The van der Waals surface area contributed by atoms with E-state index in [0.717, 1.165) is 11.2 Å². The van der Waals surface area contributed by atoms with Crippen molar-refractivity contribution in [3.05, 3.63) is 51.0 Å². The van der Waals surface area contributed by atoms with Gasteiger partial charge in [0.2, 0.25) is 0 Å². The highest BCUT2D eigenvalue weighted by Crippen LogP contribution is 2.40. The average molecular weight is 479 g/mol.